The number of anilines is 1. The highest BCUT2D eigenvalue weighted by Crippen LogP contribution is 2.22. The average Bonchev–Trinajstić information content (AvgIpc) is 3.01. The van der Waals surface area contributed by atoms with E-state index in [9.17, 15) is 9.59 Å². The van der Waals surface area contributed by atoms with Gasteiger partial charge in [0.1, 0.15) is 0 Å². The molecule has 0 saturated carbocycles. The Bertz CT molecular complexity index is 759. The highest BCUT2D eigenvalue weighted by Gasteiger charge is 2.32. The van der Waals surface area contributed by atoms with Crippen LogP contribution in [0, 0.1) is 6.92 Å². The topological polar surface area (TPSA) is 52.7 Å². The molecule has 1 unspecified atom stereocenters. The van der Waals surface area contributed by atoms with Crippen LogP contribution in [-0.4, -0.2) is 36.0 Å². The summed E-state index contributed by atoms with van der Waals surface area (Å²) >= 11 is 0. The van der Waals surface area contributed by atoms with Crippen molar-refractivity contribution in [1.29, 1.82) is 0 Å². The number of nitrogens with zero attached hydrogens (tertiary/aromatic N) is 2. The molecule has 3 rings (SSSR count). The minimum atomic E-state index is -0.166. The lowest BCUT2D eigenvalue weighted by Gasteiger charge is -2.24. The van der Waals surface area contributed by atoms with Gasteiger partial charge in [-0.3, -0.25) is 4.79 Å². The first-order chi connectivity index (χ1) is 12.6. The minimum Gasteiger partial charge on any atom is -0.333 e. The van der Waals surface area contributed by atoms with Crippen molar-refractivity contribution >= 4 is 17.6 Å². The van der Waals surface area contributed by atoms with Crippen LogP contribution in [0.4, 0.5) is 10.5 Å². The molecule has 2 aromatic rings. The maximum atomic E-state index is 12.6. The molecular formula is C21H25N3O2. The quantitative estimate of drug-likeness (QED) is 0.898. The van der Waals surface area contributed by atoms with Gasteiger partial charge < -0.3 is 15.1 Å². The summed E-state index contributed by atoms with van der Waals surface area (Å²) < 4.78 is 0. The molecule has 0 aromatic heterocycles. The molecule has 0 bridgehead atoms. The Morgan fingerprint density at radius 3 is 2.50 bits per heavy atom. The van der Waals surface area contributed by atoms with Crippen molar-refractivity contribution in [2.45, 2.75) is 32.9 Å². The van der Waals surface area contributed by atoms with E-state index in [0.29, 0.717) is 26.1 Å². The Hall–Kier alpha value is -2.82. The fraction of sp³-hybridized carbons (Fsp3) is 0.333. The first kappa shape index (κ1) is 18.0. The number of hydrogen-bond acceptors (Lipinski definition) is 2. The third-order valence-electron chi connectivity index (χ3n) is 4.68. The Morgan fingerprint density at radius 2 is 1.85 bits per heavy atom. The second kappa shape index (κ2) is 8.04. The molecule has 5 nitrogen and oxygen atoms in total. The van der Waals surface area contributed by atoms with E-state index in [-0.39, 0.29) is 18.0 Å². The van der Waals surface area contributed by atoms with Crippen molar-refractivity contribution in [3.63, 3.8) is 0 Å². The summed E-state index contributed by atoms with van der Waals surface area (Å²) in [6.07, 6.45) is 0.336. The monoisotopic (exact) mass is 351 g/mol. The number of carbonyl (C=O) groups excluding carboxylic acids is 2. The lowest BCUT2D eigenvalue weighted by Crippen LogP contribution is -2.45. The molecule has 0 radical (unpaired) electrons. The molecule has 1 fully saturated rings. The Kier molecular flexibility index (Phi) is 5.56. The number of aryl methyl sites for hydroxylation is 1. The number of amides is 3. The number of nitrogens with one attached hydrogen (secondary N) is 1. The Morgan fingerprint density at radius 1 is 1.15 bits per heavy atom. The van der Waals surface area contributed by atoms with Gasteiger partial charge in [0.2, 0.25) is 5.91 Å². The van der Waals surface area contributed by atoms with Gasteiger partial charge in [-0.15, -0.1) is 0 Å². The molecule has 1 aliphatic rings. The molecule has 3 amide bonds. The zero-order valence-corrected chi connectivity index (χ0v) is 15.3. The van der Waals surface area contributed by atoms with E-state index in [4.69, 9.17) is 0 Å². The first-order valence-electron chi connectivity index (χ1n) is 9.03. The van der Waals surface area contributed by atoms with E-state index >= 15 is 0 Å². The van der Waals surface area contributed by atoms with Gasteiger partial charge >= 0.3 is 6.03 Å². The third-order valence-corrected chi connectivity index (χ3v) is 4.68. The molecule has 0 spiro atoms. The van der Waals surface area contributed by atoms with E-state index in [1.165, 1.54) is 0 Å². The van der Waals surface area contributed by atoms with E-state index < -0.39 is 0 Å². The molecule has 136 valence electrons. The van der Waals surface area contributed by atoms with Crippen molar-refractivity contribution in [2.24, 2.45) is 0 Å². The summed E-state index contributed by atoms with van der Waals surface area (Å²) in [5.74, 6) is 0.0465. The molecule has 1 saturated heterocycles. The first-order valence-corrected chi connectivity index (χ1v) is 9.03. The molecule has 1 N–H and O–H groups in total. The number of carbonyl (C=O) groups is 2. The van der Waals surface area contributed by atoms with Crippen LogP contribution in [0.15, 0.2) is 54.6 Å². The maximum Gasteiger partial charge on any atom is 0.317 e. The van der Waals surface area contributed by atoms with Gasteiger partial charge in [0.25, 0.3) is 0 Å². The lowest BCUT2D eigenvalue weighted by atomic mass is 10.2. The SMILES string of the molecule is CCN(Cc1ccccc1)C(=O)NC1CC(=O)N(c2ccc(C)cc2)C1. The van der Waals surface area contributed by atoms with Gasteiger partial charge in [-0.1, -0.05) is 48.0 Å². The van der Waals surface area contributed by atoms with Gasteiger partial charge in [-0.2, -0.15) is 0 Å². The predicted molar refractivity (Wildman–Crippen MR) is 103 cm³/mol. The second-order valence-corrected chi connectivity index (χ2v) is 6.69. The third kappa shape index (κ3) is 4.23. The number of hydrogen-bond donors (Lipinski definition) is 1. The van der Waals surface area contributed by atoms with Crippen molar-refractivity contribution in [3.8, 4) is 0 Å². The number of urea groups is 1. The van der Waals surface area contributed by atoms with Crippen LogP contribution < -0.4 is 10.2 Å². The van der Waals surface area contributed by atoms with E-state index in [1.54, 1.807) is 9.80 Å². The summed E-state index contributed by atoms with van der Waals surface area (Å²) in [7, 11) is 0. The van der Waals surface area contributed by atoms with Crippen LogP contribution in [0.25, 0.3) is 0 Å². The maximum absolute atomic E-state index is 12.6. The molecule has 2 aromatic carbocycles. The van der Waals surface area contributed by atoms with E-state index in [2.05, 4.69) is 5.32 Å². The number of benzene rings is 2. The van der Waals surface area contributed by atoms with Crippen molar-refractivity contribution < 1.29 is 9.59 Å². The van der Waals surface area contributed by atoms with Crippen LogP contribution in [0.1, 0.15) is 24.5 Å². The molecule has 0 aliphatic carbocycles. The standard InChI is InChI=1S/C21H25N3O2/c1-3-23(14-17-7-5-4-6-8-17)21(26)22-18-13-20(25)24(15-18)19-11-9-16(2)10-12-19/h4-12,18H,3,13-15H2,1-2H3,(H,22,26). The van der Waals surface area contributed by atoms with Crippen LogP contribution in [0.2, 0.25) is 0 Å². The summed E-state index contributed by atoms with van der Waals surface area (Å²) in [5.41, 5.74) is 3.13. The summed E-state index contributed by atoms with van der Waals surface area (Å²) in [6, 6.07) is 17.5. The molecule has 1 atom stereocenters. The zero-order valence-electron chi connectivity index (χ0n) is 15.3. The summed E-state index contributed by atoms with van der Waals surface area (Å²) in [6.45, 7) is 5.66. The van der Waals surface area contributed by atoms with Gasteiger partial charge in [0.05, 0.1) is 6.04 Å². The van der Waals surface area contributed by atoms with Crippen LogP contribution >= 0.6 is 0 Å². The molecule has 1 heterocycles. The smallest absolute Gasteiger partial charge is 0.317 e. The van der Waals surface area contributed by atoms with Crippen molar-refractivity contribution in [2.75, 3.05) is 18.0 Å². The highest BCUT2D eigenvalue weighted by atomic mass is 16.2. The molecule has 26 heavy (non-hydrogen) atoms. The van der Waals surface area contributed by atoms with Crippen molar-refractivity contribution in [3.05, 3.63) is 65.7 Å². The normalized spacial score (nSPS) is 16.6. The van der Waals surface area contributed by atoms with Crippen molar-refractivity contribution in [1.82, 2.24) is 10.2 Å². The average molecular weight is 351 g/mol. The van der Waals surface area contributed by atoms with Crippen LogP contribution in [-0.2, 0) is 11.3 Å². The van der Waals surface area contributed by atoms with E-state index in [1.807, 2.05) is 68.4 Å². The fourth-order valence-corrected chi connectivity index (χ4v) is 3.18. The molecule has 1 aliphatic heterocycles. The van der Waals surface area contributed by atoms with Gasteiger partial charge in [0, 0.05) is 31.7 Å². The Balaban J connectivity index is 1.60. The minimum absolute atomic E-state index is 0.0465. The Labute approximate surface area is 154 Å². The highest BCUT2D eigenvalue weighted by molar-refractivity contribution is 5.96. The number of rotatable bonds is 5. The van der Waals surface area contributed by atoms with Gasteiger partial charge in [-0.05, 0) is 31.5 Å². The van der Waals surface area contributed by atoms with E-state index in [0.717, 1.165) is 16.8 Å². The summed E-state index contributed by atoms with van der Waals surface area (Å²) in [5, 5.41) is 3.02. The predicted octanol–water partition coefficient (Wildman–Crippen LogP) is 3.33. The summed E-state index contributed by atoms with van der Waals surface area (Å²) in [4.78, 5) is 28.5. The molecule has 5 heteroatoms. The fourth-order valence-electron chi connectivity index (χ4n) is 3.18. The lowest BCUT2D eigenvalue weighted by molar-refractivity contribution is -0.117. The van der Waals surface area contributed by atoms with Gasteiger partial charge in [-0.25, -0.2) is 4.79 Å². The second-order valence-electron chi connectivity index (χ2n) is 6.69. The molecular weight excluding hydrogens is 326 g/mol. The zero-order chi connectivity index (χ0) is 18.5. The largest absolute Gasteiger partial charge is 0.333 e. The van der Waals surface area contributed by atoms with Crippen LogP contribution in [0.3, 0.4) is 0 Å². The van der Waals surface area contributed by atoms with Crippen LogP contribution in [0.5, 0.6) is 0 Å². The van der Waals surface area contributed by atoms with Gasteiger partial charge in [0.15, 0.2) is 0 Å².